The van der Waals surface area contributed by atoms with Crippen LogP contribution in [0.15, 0.2) is 54.6 Å². The summed E-state index contributed by atoms with van der Waals surface area (Å²) in [5.74, 6) is -0.993. The third-order valence-electron chi connectivity index (χ3n) is 7.25. The van der Waals surface area contributed by atoms with Crippen molar-refractivity contribution in [3.05, 3.63) is 71.5 Å². The molecule has 0 spiro atoms. The van der Waals surface area contributed by atoms with Crippen molar-refractivity contribution >= 4 is 11.7 Å². The molecule has 1 aliphatic heterocycles. The van der Waals surface area contributed by atoms with Crippen molar-refractivity contribution in [2.24, 2.45) is 5.41 Å². The SMILES string of the molecule is Cc1nc(C)c([C@H](OC(C)(C)C)C(=O)O)c(N2CCC(C)(C)CC2)c1-c1ccc(-c2ccccc2)cc1. The third kappa shape index (κ3) is 6.04. The number of anilines is 1. The predicted octanol–water partition coefficient (Wildman–Crippen LogP) is 7.60. The zero-order chi connectivity index (χ0) is 27.0. The number of pyridine rings is 1. The topological polar surface area (TPSA) is 62.7 Å². The second-order valence-corrected chi connectivity index (χ2v) is 12.0. The molecule has 4 rings (SSSR count). The Morgan fingerprint density at radius 1 is 0.919 bits per heavy atom. The maximum absolute atomic E-state index is 12.6. The van der Waals surface area contributed by atoms with Gasteiger partial charge in [-0.25, -0.2) is 4.79 Å². The fraction of sp³-hybridized carbons (Fsp3) is 0.438. The molecule has 1 aliphatic rings. The fourth-order valence-electron chi connectivity index (χ4n) is 5.21. The van der Waals surface area contributed by atoms with Crippen LogP contribution in [0.3, 0.4) is 0 Å². The smallest absolute Gasteiger partial charge is 0.337 e. The summed E-state index contributed by atoms with van der Waals surface area (Å²) in [4.78, 5) is 19.9. The normalized spacial score (nSPS) is 16.5. The molecule has 0 radical (unpaired) electrons. The van der Waals surface area contributed by atoms with Gasteiger partial charge in [-0.05, 0) is 69.6 Å². The molecular formula is C32H40N2O3. The molecule has 1 atom stereocenters. The number of aromatic nitrogens is 1. The molecule has 5 nitrogen and oxygen atoms in total. The van der Waals surface area contributed by atoms with E-state index in [4.69, 9.17) is 9.72 Å². The number of carbonyl (C=O) groups is 1. The molecule has 3 aromatic rings. The second kappa shape index (κ2) is 10.3. The van der Waals surface area contributed by atoms with Crippen molar-refractivity contribution in [2.45, 2.75) is 73.0 Å². The molecule has 37 heavy (non-hydrogen) atoms. The Labute approximate surface area is 221 Å². The molecule has 0 aliphatic carbocycles. The highest BCUT2D eigenvalue weighted by atomic mass is 16.5. The van der Waals surface area contributed by atoms with Crippen LogP contribution in [0.4, 0.5) is 5.69 Å². The first-order chi connectivity index (χ1) is 17.4. The van der Waals surface area contributed by atoms with Crippen molar-refractivity contribution < 1.29 is 14.6 Å². The van der Waals surface area contributed by atoms with Gasteiger partial charge in [0.15, 0.2) is 6.10 Å². The predicted molar refractivity (Wildman–Crippen MR) is 151 cm³/mol. The first-order valence-electron chi connectivity index (χ1n) is 13.2. The fourth-order valence-corrected chi connectivity index (χ4v) is 5.21. The molecule has 0 saturated carbocycles. The lowest BCUT2D eigenvalue weighted by molar-refractivity contribution is -0.160. The van der Waals surface area contributed by atoms with Crippen LogP contribution in [-0.2, 0) is 9.53 Å². The van der Waals surface area contributed by atoms with Crippen molar-refractivity contribution in [3.8, 4) is 22.3 Å². The standard InChI is InChI=1S/C32H40N2O3/c1-21-26(25-15-13-24(14-16-25)23-11-9-8-10-12-23)28(34-19-17-32(6,7)18-20-34)27(22(2)33-21)29(30(35)36)37-31(3,4)5/h8-16,29H,17-20H2,1-7H3,(H,35,36)/t29-/m0/s1. The van der Waals surface area contributed by atoms with E-state index < -0.39 is 17.7 Å². The minimum Gasteiger partial charge on any atom is -0.479 e. The number of ether oxygens (including phenoxy) is 1. The highest BCUT2D eigenvalue weighted by Gasteiger charge is 2.36. The Kier molecular flexibility index (Phi) is 7.48. The van der Waals surface area contributed by atoms with E-state index >= 15 is 0 Å². The average Bonchev–Trinajstić information content (AvgIpc) is 2.83. The summed E-state index contributed by atoms with van der Waals surface area (Å²) in [5, 5.41) is 10.3. The maximum Gasteiger partial charge on any atom is 0.337 e. The van der Waals surface area contributed by atoms with Crippen molar-refractivity contribution in [3.63, 3.8) is 0 Å². The second-order valence-electron chi connectivity index (χ2n) is 12.0. The molecule has 196 valence electrons. The first-order valence-corrected chi connectivity index (χ1v) is 13.2. The lowest BCUT2D eigenvalue weighted by atomic mass is 9.81. The van der Waals surface area contributed by atoms with Crippen LogP contribution in [0.25, 0.3) is 22.3 Å². The first kappa shape index (κ1) is 26.9. The van der Waals surface area contributed by atoms with Gasteiger partial charge in [0.1, 0.15) is 0 Å². The molecule has 1 fully saturated rings. The number of aliphatic carboxylic acids is 1. The van der Waals surface area contributed by atoms with E-state index in [9.17, 15) is 9.90 Å². The summed E-state index contributed by atoms with van der Waals surface area (Å²) < 4.78 is 6.18. The maximum atomic E-state index is 12.6. The van der Waals surface area contributed by atoms with Crippen LogP contribution in [0.1, 0.15) is 70.5 Å². The van der Waals surface area contributed by atoms with Crippen LogP contribution in [-0.4, -0.2) is 34.8 Å². The molecule has 5 heteroatoms. The Hall–Kier alpha value is -3.18. The van der Waals surface area contributed by atoms with Gasteiger partial charge in [-0.15, -0.1) is 0 Å². The zero-order valence-corrected chi connectivity index (χ0v) is 23.3. The number of benzene rings is 2. The van der Waals surface area contributed by atoms with Crippen LogP contribution >= 0.6 is 0 Å². The van der Waals surface area contributed by atoms with Crippen LogP contribution < -0.4 is 4.90 Å². The Balaban J connectivity index is 1.91. The van der Waals surface area contributed by atoms with Gasteiger partial charge in [-0.1, -0.05) is 68.4 Å². The largest absolute Gasteiger partial charge is 0.479 e. The highest BCUT2D eigenvalue weighted by Crippen LogP contribution is 2.45. The van der Waals surface area contributed by atoms with Crippen LogP contribution in [0.2, 0.25) is 0 Å². The van der Waals surface area contributed by atoms with Gasteiger partial charge in [0.25, 0.3) is 0 Å². The lowest BCUT2D eigenvalue weighted by Crippen LogP contribution is -2.39. The molecule has 0 unspecified atom stereocenters. The molecule has 0 amide bonds. The molecule has 1 aromatic heterocycles. The zero-order valence-electron chi connectivity index (χ0n) is 23.3. The summed E-state index contributed by atoms with van der Waals surface area (Å²) in [6.07, 6.45) is 0.967. The third-order valence-corrected chi connectivity index (χ3v) is 7.25. The number of carboxylic acids is 1. The van der Waals surface area contributed by atoms with Gasteiger partial charge in [0, 0.05) is 35.6 Å². The van der Waals surface area contributed by atoms with E-state index in [1.807, 2.05) is 52.8 Å². The minimum atomic E-state index is -1.11. The molecule has 1 N–H and O–H groups in total. The number of hydrogen-bond acceptors (Lipinski definition) is 4. The van der Waals surface area contributed by atoms with Gasteiger partial charge in [0.2, 0.25) is 0 Å². The van der Waals surface area contributed by atoms with E-state index in [-0.39, 0.29) is 5.41 Å². The monoisotopic (exact) mass is 500 g/mol. The minimum absolute atomic E-state index is 0.263. The van der Waals surface area contributed by atoms with E-state index in [2.05, 4.69) is 55.1 Å². The molecular weight excluding hydrogens is 460 g/mol. The Morgan fingerprint density at radius 3 is 2.00 bits per heavy atom. The van der Waals surface area contributed by atoms with Crippen LogP contribution in [0, 0.1) is 19.3 Å². The van der Waals surface area contributed by atoms with Crippen LogP contribution in [0.5, 0.6) is 0 Å². The number of nitrogens with zero attached hydrogens (tertiary/aromatic N) is 2. The number of aryl methyl sites for hydroxylation is 2. The summed E-state index contributed by atoms with van der Waals surface area (Å²) >= 11 is 0. The number of carboxylic acid groups (broad SMARTS) is 1. The number of piperidine rings is 1. The molecule has 0 bridgehead atoms. The van der Waals surface area contributed by atoms with E-state index in [1.165, 1.54) is 0 Å². The van der Waals surface area contributed by atoms with Gasteiger partial charge < -0.3 is 14.7 Å². The van der Waals surface area contributed by atoms with Crippen molar-refractivity contribution in [2.75, 3.05) is 18.0 Å². The Bertz CT molecular complexity index is 1250. The van der Waals surface area contributed by atoms with Gasteiger partial charge in [0.05, 0.1) is 11.3 Å². The summed E-state index contributed by atoms with van der Waals surface area (Å²) in [7, 11) is 0. The summed E-state index contributed by atoms with van der Waals surface area (Å²) in [6, 6.07) is 18.8. The molecule has 2 aromatic carbocycles. The van der Waals surface area contributed by atoms with Gasteiger partial charge in [-0.2, -0.15) is 0 Å². The van der Waals surface area contributed by atoms with Gasteiger partial charge in [-0.3, -0.25) is 4.98 Å². The highest BCUT2D eigenvalue weighted by molar-refractivity contribution is 5.88. The lowest BCUT2D eigenvalue weighted by Gasteiger charge is -2.41. The quantitative estimate of drug-likeness (QED) is 0.378. The van der Waals surface area contributed by atoms with E-state index in [0.29, 0.717) is 11.3 Å². The molecule has 2 heterocycles. The number of rotatable bonds is 6. The van der Waals surface area contributed by atoms with Gasteiger partial charge >= 0.3 is 5.97 Å². The average molecular weight is 501 g/mol. The van der Waals surface area contributed by atoms with Crippen molar-refractivity contribution in [1.29, 1.82) is 0 Å². The van der Waals surface area contributed by atoms with E-state index in [1.54, 1.807) is 0 Å². The number of hydrogen-bond donors (Lipinski definition) is 1. The van der Waals surface area contributed by atoms with Crippen molar-refractivity contribution in [1.82, 2.24) is 4.98 Å². The van der Waals surface area contributed by atoms with E-state index in [0.717, 1.165) is 59.6 Å². The summed E-state index contributed by atoms with van der Waals surface area (Å²) in [6.45, 7) is 15.9. The Morgan fingerprint density at radius 2 is 1.46 bits per heavy atom. The molecule has 1 saturated heterocycles. The summed E-state index contributed by atoms with van der Waals surface area (Å²) in [5.41, 5.74) is 7.18.